The zero-order valence-corrected chi connectivity index (χ0v) is 10.6. The maximum absolute atomic E-state index is 11.6. The Morgan fingerprint density at radius 1 is 1.22 bits per heavy atom. The van der Waals surface area contributed by atoms with Crippen LogP contribution in [0.1, 0.15) is 12.8 Å². The number of hydrogen-bond donors (Lipinski definition) is 2. The van der Waals surface area contributed by atoms with Crippen molar-refractivity contribution >= 4 is 23.2 Å². The Morgan fingerprint density at radius 3 is 2.44 bits per heavy atom. The maximum Gasteiger partial charge on any atom is 0.249 e. The summed E-state index contributed by atoms with van der Waals surface area (Å²) in [5.74, 6) is -0.441. The van der Waals surface area contributed by atoms with E-state index in [4.69, 9.17) is 0 Å². The van der Waals surface area contributed by atoms with Gasteiger partial charge in [-0.25, -0.2) is 0 Å². The van der Waals surface area contributed by atoms with Crippen molar-refractivity contribution < 1.29 is 9.59 Å². The van der Waals surface area contributed by atoms with Gasteiger partial charge in [-0.1, -0.05) is 0 Å². The summed E-state index contributed by atoms with van der Waals surface area (Å²) in [6.45, 7) is 0. The first-order valence-corrected chi connectivity index (χ1v) is 5.94. The Bertz CT molecular complexity index is 454. The van der Waals surface area contributed by atoms with E-state index in [2.05, 4.69) is 10.6 Å². The first-order valence-electron chi connectivity index (χ1n) is 5.94. The van der Waals surface area contributed by atoms with Crippen LogP contribution in [0.25, 0.3) is 0 Å². The van der Waals surface area contributed by atoms with Crippen LogP contribution in [-0.4, -0.2) is 32.0 Å². The third kappa shape index (κ3) is 2.80. The Morgan fingerprint density at radius 2 is 1.89 bits per heavy atom. The minimum absolute atomic E-state index is 0.194. The van der Waals surface area contributed by atoms with Crippen molar-refractivity contribution in [3.8, 4) is 0 Å². The Balaban J connectivity index is 2.01. The molecule has 1 atom stereocenters. The van der Waals surface area contributed by atoms with Crippen LogP contribution in [0.3, 0.4) is 0 Å². The van der Waals surface area contributed by atoms with Crippen LogP contribution in [0, 0.1) is 0 Å². The molecule has 5 nitrogen and oxygen atoms in total. The lowest BCUT2D eigenvalue weighted by Crippen LogP contribution is -2.47. The third-order valence-electron chi connectivity index (χ3n) is 2.96. The third-order valence-corrected chi connectivity index (χ3v) is 2.96. The van der Waals surface area contributed by atoms with E-state index in [1.54, 1.807) is 0 Å². The summed E-state index contributed by atoms with van der Waals surface area (Å²) in [6, 6.07) is 7.49. The van der Waals surface area contributed by atoms with Gasteiger partial charge < -0.3 is 10.2 Å². The molecule has 18 heavy (non-hydrogen) atoms. The van der Waals surface area contributed by atoms with Gasteiger partial charge in [0.1, 0.15) is 6.04 Å². The molecule has 1 aromatic rings. The maximum atomic E-state index is 11.6. The average Bonchev–Trinajstić information content (AvgIpc) is 2.33. The van der Waals surface area contributed by atoms with Gasteiger partial charge in [-0.05, 0) is 30.7 Å². The van der Waals surface area contributed by atoms with E-state index >= 15 is 0 Å². The zero-order valence-electron chi connectivity index (χ0n) is 10.6. The lowest BCUT2D eigenvalue weighted by Gasteiger charge is -2.23. The molecule has 2 rings (SSSR count). The van der Waals surface area contributed by atoms with Crippen LogP contribution in [0.2, 0.25) is 0 Å². The second-order valence-corrected chi connectivity index (χ2v) is 4.59. The highest BCUT2D eigenvalue weighted by Gasteiger charge is 2.26. The number of nitrogens with one attached hydrogen (secondary N) is 2. The molecule has 1 aliphatic heterocycles. The highest BCUT2D eigenvalue weighted by molar-refractivity contribution is 6.01. The summed E-state index contributed by atoms with van der Waals surface area (Å²) in [5, 5.41) is 5.47. The Hall–Kier alpha value is -2.04. The molecule has 1 heterocycles. The van der Waals surface area contributed by atoms with Crippen molar-refractivity contribution in [2.75, 3.05) is 24.3 Å². The lowest BCUT2D eigenvalue weighted by atomic mass is 10.1. The number of rotatable bonds is 3. The molecule has 0 bridgehead atoms. The van der Waals surface area contributed by atoms with Gasteiger partial charge in [-0.15, -0.1) is 0 Å². The second-order valence-electron chi connectivity index (χ2n) is 4.59. The number of carbonyl (C=O) groups excluding carboxylic acids is 2. The van der Waals surface area contributed by atoms with Crippen molar-refractivity contribution in [1.29, 1.82) is 0 Å². The number of piperidine rings is 1. The largest absolute Gasteiger partial charge is 0.378 e. The standard InChI is InChI=1S/C13H17N3O2/c1-16(2)10-5-3-9(4-6-10)14-11-7-8-12(17)15-13(11)18/h3-6,11,14H,7-8H2,1-2H3,(H,15,17,18). The molecule has 2 amide bonds. The first kappa shape index (κ1) is 12.4. The molecule has 5 heteroatoms. The highest BCUT2D eigenvalue weighted by atomic mass is 16.2. The minimum atomic E-state index is -0.326. The topological polar surface area (TPSA) is 61.4 Å². The first-order chi connectivity index (χ1) is 8.56. The number of nitrogens with zero attached hydrogens (tertiary/aromatic N) is 1. The molecule has 2 N–H and O–H groups in total. The lowest BCUT2D eigenvalue weighted by molar-refractivity contribution is -0.133. The van der Waals surface area contributed by atoms with Gasteiger partial charge in [0.05, 0.1) is 0 Å². The monoisotopic (exact) mass is 247 g/mol. The van der Waals surface area contributed by atoms with E-state index in [0.717, 1.165) is 11.4 Å². The zero-order chi connectivity index (χ0) is 13.1. The fourth-order valence-electron chi connectivity index (χ4n) is 1.89. The van der Waals surface area contributed by atoms with Crippen LogP contribution in [0.4, 0.5) is 11.4 Å². The number of carbonyl (C=O) groups is 2. The predicted molar refractivity (Wildman–Crippen MR) is 70.6 cm³/mol. The molecule has 1 fully saturated rings. The molecule has 0 radical (unpaired) electrons. The number of hydrogen-bond acceptors (Lipinski definition) is 4. The summed E-state index contributed by atoms with van der Waals surface area (Å²) in [6.07, 6.45) is 0.930. The molecule has 0 aliphatic carbocycles. The number of anilines is 2. The minimum Gasteiger partial charge on any atom is -0.378 e. The molecule has 96 valence electrons. The van der Waals surface area contributed by atoms with Crippen molar-refractivity contribution in [2.24, 2.45) is 0 Å². The fraction of sp³-hybridized carbons (Fsp3) is 0.385. The summed E-state index contributed by atoms with van der Waals surface area (Å²) in [5.41, 5.74) is 1.99. The van der Waals surface area contributed by atoms with Gasteiger partial charge in [-0.3, -0.25) is 14.9 Å². The SMILES string of the molecule is CN(C)c1ccc(NC2CCC(=O)NC2=O)cc1. The molecule has 1 saturated heterocycles. The number of amides is 2. The van der Waals surface area contributed by atoms with E-state index in [9.17, 15) is 9.59 Å². The van der Waals surface area contributed by atoms with E-state index in [0.29, 0.717) is 12.8 Å². The predicted octanol–water partition coefficient (Wildman–Crippen LogP) is 0.970. The van der Waals surface area contributed by atoms with Gasteiger partial charge in [0.2, 0.25) is 11.8 Å². The van der Waals surface area contributed by atoms with E-state index in [1.165, 1.54) is 0 Å². The van der Waals surface area contributed by atoms with Gasteiger partial charge in [0.15, 0.2) is 0 Å². The Labute approximate surface area is 106 Å². The molecule has 1 aromatic carbocycles. The molecule has 1 aliphatic rings. The Kier molecular flexibility index (Phi) is 3.50. The normalized spacial score (nSPS) is 19.3. The molecular weight excluding hydrogens is 230 g/mol. The quantitative estimate of drug-likeness (QED) is 0.781. The van der Waals surface area contributed by atoms with Crippen LogP contribution in [0.5, 0.6) is 0 Å². The summed E-state index contributed by atoms with van der Waals surface area (Å²) in [7, 11) is 3.95. The van der Waals surface area contributed by atoms with Crippen LogP contribution >= 0.6 is 0 Å². The summed E-state index contributed by atoms with van der Waals surface area (Å²) >= 11 is 0. The molecule has 0 aromatic heterocycles. The van der Waals surface area contributed by atoms with E-state index in [-0.39, 0.29) is 17.9 Å². The van der Waals surface area contributed by atoms with Crippen LogP contribution in [0.15, 0.2) is 24.3 Å². The highest BCUT2D eigenvalue weighted by Crippen LogP contribution is 2.18. The van der Waals surface area contributed by atoms with Gasteiger partial charge in [-0.2, -0.15) is 0 Å². The average molecular weight is 247 g/mol. The van der Waals surface area contributed by atoms with E-state index in [1.807, 2.05) is 43.3 Å². The van der Waals surface area contributed by atoms with Crippen molar-refractivity contribution in [3.05, 3.63) is 24.3 Å². The van der Waals surface area contributed by atoms with Gasteiger partial charge in [0.25, 0.3) is 0 Å². The molecule has 0 saturated carbocycles. The number of imide groups is 1. The fourth-order valence-corrected chi connectivity index (χ4v) is 1.89. The van der Waals surface area contributed by atoms with Crippen molar-refractivity contribution in [2.45, 2.75) is 18.9 Å². The second kappa shape index (κ2) is 5.08. The van der Waals surface area contributed by atoms with Crippen molar-refractivity contribution in [1.82, 2.24) is 5.32 Å². The molecule has 1 unspecified atom stereocenters. The summed E-state index contributed by atoms with van der Waals surface area (Å²) < 4.78 is 0. The van der Waals surface area contributed by atoms with Gasteiger partial charge in [0, 0.05) is 31.9 Å². The van der Waals surface area contributed by atoms with Gasteiger partial charge >= 0.3 is 0 Å². The van der Waals surface area contributed by atoms with Crippen molar-refractivity contribution in [3.63, 3.8) is 0 Å². The van der Waals surface area contributed by atoms with E-state index < -0.39 is 0 Å². The summed E-state index contributed by atoms with van der Waals surface area (Å²) in [4.78, 5) is 24.6. The molecular formula is C13H17N3O2. The number of benzene rings is 1. The smallest absolute Gasteiger partial charge is 0.249 e. The van der Waals surface area contributed by atoms with Crippen LogP contribution in [-0.2, 0) is 9.59 Å². The van der Waals surface area contributed by atoms with Crippen LogP contribution < -0.4 is 15.5 Å². The molecule has 0 spiro atoms.